The summed E-state index contributed by atoms with van der Waals surface area (Å²) in [7, 11) is 2.02. The van der Waals surface area contributed by atoms with Crippen molar-refractivity contribution in [1.82, 2.24) is 5.32 Å². The fourth-order valence-electron chi connectivity index (χ4n) is 2.22. The Bertz CT molecular complexity index is 343. The summed E-state index contributed by atoms with van der Waals surface area (Å²) in [5, 5.41) is 3.27. The summed E-state index contributed by atoms with van der Waals surface area (Å²) >= 11 is 0. The zero-order valence-electron chi connectivity index (χ0n) is 11.6. The molecule has 1 aromatic rings. The van der Waals surface area contributed by atoms with Crippen molar-refractivity contribution < 1.29 is 4.74 Å². The minimum Gasteiger partial charge on any atom is -0.381 e. The second kappa shape index (κ2) is 6.91. The van der Waals surface area contributed by atoms with Gasteiger partial charge in [-0.2, -0.15) is 0 Å². The fraction of sp³-hybridized carbons (Fsp3) is 0.625. The lowest BCUT2D eigenvalue weighted by molar-refractivity contribution is 0.0913. The molecule has 1 fully saturated rings. The molecule has 0 aromatic heterocycles. The van der Waals surface area contributed by atoms with E-state index in [2.05, 4.69) is 36.5 Å². The lowest BCUT2D eigenvalue weighted by atomic mass is 9.99. The maximum absolute atomic E-state index is 5.83. The molecule has 0 heterocycles. The van der Waals surface area contributed by atoms with Crippen LogP contribution in [0.4, 0.5) is 0 Å². The number of rotatable bonds is 8. The standard InChI is InChI=1S/C16H25NO/c1-13-3-5-14(6-4-13)9-16(10-17-2)12-18-11-15-7-8-15/h3-6,15-17H,7-12H2,1-2H3. The SMILES string of the molecule is CNCC(COCC1CC1)Cc1ccc(C)cc1. The molecular formula is C16H25NO. The first kappa shape index (κ1) is 13.6. The maximum atomic E-state index is 5.83. The minimum absolute atomic E-state index is 0.580. The summed E-state index contributed by atoms with van der Waals surface area (Å²) in [6, 6.07) is 8.85. The highest BCUT2D eigenvalue weighted by atomic mass is 16.5. The summed E-state index contributed by atoms with van der Waals surface area (Å²) in [4.78, 5) is 0. The van der Waals surface area contributed by atoms with Gasteiger partial charge < -0.3 is 10.1 Å². The Morgan fingerprint density at radius 3 is 2.61 bits per heavy atom. The van der Waals surface area contributed by atoms with Crippen molar-refractivity contribution >= 4 is 0 Å². The van der Waals surface area contributed by atoms with E-state index >= 15 is 0 Å². The van der Waals surface area contributed by atoms with Gasteiger partial charge >= 0.3 is 0 Å². The van der Waals surface area contributed by atoms with E-state index in [0.29, 0.717) is 5.92 Å². The molecule has 2 heteroatoms. The number of benzene rings is 1. The molecule has 2 rings (SSSR count). The van der Waals surface area contributed by atoms with Crippen molar-refractivity contribution in [3.8, 4) is 0 Å². The average molecular weight is 247 g/mol. The Hall–Kier alpha value is -0.860. The Balaban J connectivity index is 1.78. The second-order valence-corrected chi connectivity index (χ2v) is 5.59. The molecule has 0 amide bonds. The summed E-state index contributed by atoms with van der Waals surface area (Å²) < 4.78 is 5.83. The van der Waals surface area contributed by atoms with E-state index in [9.17, 15) is 0 Å². The predicted octanol–water partition coefficient (Wildman–Crippen LogP) is 2.80. The molecule has 0 aliphatic heterocycles. The summed E-state index contributed by atoms with van der Waals surface area (Å²) in [5.41, 5.74) is 2.74. The van der Waals surface area contributed by atoms with Crippen molar-refractivity contribution in [1.29, 1.82) is 0 Å². The van der Waals surface area contributed by atoms with Crippen LogP contribution >= 0.6 is 0 Å². The van der Waals surface area contributed by atoms with Gasteiger partial charge in [0.25, 0.3) is 0 Å². The Labute approximate surface area is 111 Å². The summed E-state index contributed by atoms with van der Waals surface area (Å²) in [6.45, 7) is 5.01. The van der Waals surface area contributed by atoms with Crippen LogP contribution in [-0.4, -0.2) is 26.8 Å². The van der Waals surface area contributed by atoms with Crippen LogP contribution in [0.3, 0.4) is 0 Å². The molecule has 0 saturated heterocycles. The molecule has 1 aromatic carbocycles. The molecule has 1 unspecified atom stereocenters. The molecule has 0 spiro atoms. The van der Waals surface area contributed by atoms with Gasteiger partial charge in [0.2, 0.25) is 0 Å². The Kier molecular flexibility index (Phi) is 5.21. The molecule has 2 nitrogen and oxygen atoms in total. The van der Waals surface area contributed by atoms with Crippen LogP contribution in [0.15, 0.2) is 24.3 Å². The molecule has 1 saturated carbocycles. The molecular weight excluding hydrogens is 222 g/mol. The molecule has 1 aliphatic carbocycles. The van der Waals surface area contributed by atoms with Crippen molar-refractivity contribution in [2.24, 2.45) is 11.8 Å². The third kappa shape index (κ3) is 4.79. The van der Waals surface area contributed by atoms with Crippen LogP contribution in [0.2, 0.25) is 0 Å². The van der Waals surface area contributed by atoms with Gasteiger partial charge in [-0.3, -0.25) is 0 Å². The number of nitrogens with one attached hydrogen (secondary N) is 1. The van der Waals surface area contributed by atoms with Gasteiger partial charge in [-0.05, 0) is 50.6 Å². The summed E-state index contributed by atoms with van der Waals surface area (Å²) in [6.07, 6.45) is 3.84. The van der Waals surface area contributed by atoms with E-state index in [-0.39, 0.29) is 0 Å². The van der Waals surface area contributed by atoms with Crippen molar-refractivity contribution in [3.63, 3.8) is 0 Å². The van der Waals surface area contributed by atoms with Gasteiger partial charge in [0.1, 0.15) is 0 Å². The highest BCUT2D eigenvalue weighted by molar-refractivity contribution is 5.21. The fourth-order valence-corrected chi connectivity index (χ4v) is 2.22. The first-order valence-corrected chi connectivity index (χ1v) is 7.06. The lowest BCUT2D eigenvalue weighted by Crippen LogP contribution is -2.25. The van der Waals surface area contributed by atoms with Crippen molar-refractivity contribution in [2.75, 3.05) is 26.8 Å². The topological polar surface area (TPSA) is 21.3 Å². The van der Waals surface area contributed by atoms with Crippen LogP contribution in [0.5, 0.6) is 0 Å². The first-order valence-electron chi connectivity index (χ1n) is 7.06. The van der Waals surface area contributed by atoms with Crippen LogP contribution in [0, 0.1) is 18.8 Å². The van der Waals surface area contributed by atoms with Crippen LogP contribution in [0.1, 0.15) is 24.0 Å². The minimum atomic E-state index is 0.580. The van der Waals surface area contributed by atoms with Gasteiger partial charge in [-0.15, -0.1) is 0 Å². The van der Waals surface area contributed by atoms with Crippen molar-refractivity contribution in [2.45, 2.75) is 26.2 Å². The molecule has 18 heavy (non-hydrogen) atoms. The highest BCUT2D eigenvalue weighted by Crippen LogP contribution is 2.29. The zero-order valence-corrected chi connectivity index (χ0v) is 11.6. The average Bonchev–Trinajstić information content (AvgIpc) is 3.16. The lowest BCUT2D eigenvalue weighted by Gasteiger charge is -2.17. The van der Waals surface area contributed by atoms with Crippen molar-refractivity contribution in [3.05, 3.63) is 35.4 Å². The Morgan fingerprint density at radius 1 is 1.28 bits per heavy atom. The van der Waals surface area contributed by atoms with Gasteiger partial charge in [0, 0.05) is 13.2 Å². The van der Waals surface area contributed by atoms with Crippen LogP contribution < -0.4 is 5.32 Å². The van der Waals surface area contributed by atoms with E-state index in [1.807, 2.05) is 7.05 Å². The molecule has 100 valence electrons. The van der Waals surface area contributed by atoms with E-state index in [1.54, 1.807) is 0 Å². The number of hydrogen-bond acceptors (Lipinski definition) is 2. The number of hydrogen-bond donors (Lipinski definition) is 1. The molecule has 1 N–H and O–H groups in total. The second-order valence-electron chi connectivity index (χ2n) is 5.59. The smallest absolute Gasteiger partial charge is 0.0509 e. The third-order valence-electron chi connectivity index (χ3n) is 3.54. The van der Waals surface area contributed by atoms with E-state index in [4.69, 9.17) is 4.74 Å². The summed E-state index contributed by atoms with van der Waals surface area (Å²) in [5.74, 6) is 1.44. The van der Waals surface area contributed by atoms with Gasteiger partial charge in [-0.25, -0.2) is 0 Å². The van der Waals surface area contributed by atoms with Crippen LogP contribution in [0.25, 0.3) is 0 Å². The Morgan fingerprint density at radius 2 is 2.00 bits per heavy atom. The van der Waals surface area contributed by atoms with Gasteiger partial charge in [-0.1, -0.05) is 29.8 Å². The monoisotopic (exact) mass is 247 g/mol. The maximum Gasteiger partial charge on any atom is 0.0509 e. The third-order valence-corrected chi connectivity index (χ3v) is 3.54. The number of ether oxygens (including phenoxy) is 1. The largest absolute Gasteiger partial charge is 0.381 e. The first-order chi connectivity index (χ1) is 8.78. The van der Waals surface area contributed by atoms with Gasteiger partial charge in [0.15, 0.2) is 0 Å². The quantitative estimate of drug-likeness (QED) is 0.762. The predicted molar refractivity (Wildman–Crippen MR) is 75.8 cm³/mol. The van der Waals surface area contributed by atoms with E-state index < -0.39 is 0 Å². The highest BCUT2D eigenvalue weighted by Gasteiger charge is 2.21. The van der Waals surface area contributed by atoms with E-state index in [0.717, 1.165) is 32.1 Å². The molecule has 0 radical (unpaired) electrons. The zero-order chi connectivity index (χ0) is 12.8. The van der Waals surface area contributed by atoms with Crippen LogP contribution in [-0.2, 0) is 11.2 Å². The molecule has 1 atom stereocenters. The van der Waals surface area contributed by atoms with Gasteiger partial charge in [0.05, 0.1) is 6.61 Å². The normalized spacial score (nSPS) is 16.8. The van der Waals surface area contributed by atoms with E-state index in [1.165, 1.54) is 24.0 Å². The molecule has 0 bridgehead atoms. The number of aryl methyl sites for hydroxylation is 1. The molecule has 1 aliphatic rings.